The number of aromatic carboxylic acids is 1. The molecule has 1 unspecified atom stereocenters. The fourth-order valence-corrected chi connectivity index (χ4v) is 1.87. The summed E-state index contributed by atoms with van der Waals surface area (Å²) in [5.41, 5.74) is 1.22. The maximum atomic E-state index is 10.9. The first-order valence-corrected chi connectivity index (χ1v) is 5.47. The van der Waals surface area contributed by atoms with Gasteiger partial charge < -0.3 is 15.5 Å². The summed E-state index contributed by atoms with van der Waals surface area (Å²) in [5.74, 6) is -2.34. The van der Waals surface area contributed by atoms with Gasteiger partial charge in [-0.3, -0.25) is 0 Å². The van der Waals surface area contributed by atoms with E-state index in [4.69, 9.17) is 10.2 Å². The van der Waals surface area contributed by atoms with Crippen LogP contribution >= 0.6 is 11.3 Å². The topological polar surface area (TPSA) is 99.5 Å². The molecule has 0 aliphatic carbocycles. The second-order valence-corrected chi connectivity index (χ2v) is 4.39. The number of carboxylic acid groups (broad SMARTS) is 2. The first-order chi connectivity index (χ1) is 7.43. The van der Waals surface area contributed by atoms with Crippen LogP contribution in [0.5, 0.6) is 0 Å². The molecule has 0 saturated heterocycles. The standard InChI is InChI=1S/C9H12N2O4S/c1-4(2)5(8(12)13)11-7-6(9(14)15)10-3-16-7/h3-5,11H,1-2H3,(H,12,13)(H,14,15). The Balaban J connectivity index is 2.89. The Bertz CT molecular complexity index is 402. The highest BCUT2D eigenvalue weighted by Crippen LogP contribution is 2.22. The van der Waals surface area contributed by atoms with Crippen molar-refractivity contribution in [2.45, 2.75) is 19.9 Å². The number of carbonyl (C=O) groups is 2. The van der Waals surface area contributed by atoms with E-state index in [-0.39, 0.29) is 16.6 Å². The molecule has 88 valence electrons. The van der Waals surface area contributed by atoms with Gasteiger partial charge in [-0.15, -0.1) is 11.3 Å². The SMILES string of the molecule is CC(C)C(Nc1scnc1C(=O)O)C(=O)O. The van der Waals surface area contributed by atoms with Gasteiger partial charge in [-0.25, -0.2) is 14.6 Å². The minimum absolute atomic E-state index is 0.142. The minimum Gasteiger partial charge on any atom is -0.480 e. The third-order valence-corrected chi connectivity index (χ3v) is 2.75. The van der Waals surface area contributed by atoms with Gasteiger partial charge in [-0.2, -0.15) is 0 Å². The molecule has 1 heterocycles. The average Bonchev–Trinajstić information content (AvgIpc) is 2.60. The largest absolute Gasteiger partial charge is 0.480 e. The predicted molar refractivity (Wildman–Crippen MR) is 59.0 cm³/mol. The summed E-state index contributed by atoms with van der Waals surface area (Å²) in [7, 11) is 0. The van der Waals surface area contributed by atoms with Crippen molar-refractivity contribution in [3.05, 3.63) is 11.2 Å². The summed E-state index contributed by atoms with van der Waals surface area (Å²) in [6, 6.07) is -0.821. The number of nitrogens with zero attached hydrogens (tertiary/aromatic N) is 1. The van der Waals surface area contributed by atoms with E-state index in [1.807, 2.05) is 0 Å². The number of aliphatic carboxylic acids is 1. The van der Waals surface area contributed by atoms with Gasteiger partial charge in [0.05, 0.1) is 5.51 Å². The van der Waals surface area contributed by atoms with Crippen LogP contribution in [-0.4, -0.2) is 33.2 Å². The van der Waals surface area contributed by atoms with Crippen molar-refractivity contribution < 1.29 is 19.8 Å². The third-order valence-electron chi connectivity index (χ3n) is 1.99. The molecular weight excluding hydrogens is 232 g/mol. The van der Waals surface area contributed by atoms with Crippen LogP contribution in [0.2, 0.25) is 0 Å². The molecule has 16 heavy (non-hydrogen) atoms. The molecule has 6 nitrogen and oxygen atoms in total. The zero-order chi connectivity index (χ0) is 12.3. The zero-order valence-corrected chi connectivity index (χ0v) is 9.61. The summed E-state index contributed by atoms with van der Waals surface area (Å²) in [6.07, 6.45) is 0. The van der Waals surface area contributed by atoms with E-state index < -0.39 is 18.0 Å². The lowest BCUT2D eigenvalue weighted by Crippen LogP contribution is -2.34. The van der Waals surface area contributed by atoms with Crippen LogP contribution in [0, 0.1) is 5.92 Å². The Labute approximate surface area is 95.9 Å². The van der Waals surface area contributed by atoms with E-state index >= 15 is 0 Å². The van der Waals surface area contributed by atoms with Crippen LogP contribution in [0.15, 0.2) is 5.51 Å². The van der Waals surface area contributed by atoms with Gasteiger partial charge in [-0.1, -0.05) is 13.8 Å². The number of carboxylic acids is 2. The van der Waals surface area contributed by atoms with Gasteiger partial charge in [0.15, 0.2) is 5.69 Å². The summed E-state index contributed by atoms with van der Waals surface area (Å²) >= 11 is 1.07. The summed E-state index contributed by atoms with van der Waals surface area (Å²) in [5, 5.41) is 20.7. The van der Waals surface area contributed by atoms with E-state index in [1.165, 1.54) is 5.51 Å². The lowest BCUT2D eigenvalue weighted by molar-refractivity contribution is -0.138. The van der Waals surface area contributed by atoms with Crippen molar-refractivity contribution >= 4 is 28.3 Å². The molecule has 3 N–H and O–H groups in total. The van der Waals surface area contributed by atoms with Crippen molar-refractivity contribution in [2.75, 3.05) is 5.32 Å². The number of thiazole rings is 1. The first-order valence-electron chi connectivity index (χ1n) is 4.59. The van der Waals surface area contributed by atoms with Gasteiger partial charge in [0, 0.05) is 0 Å². The Kier molecular flexibility index (Phi) is 3.83. The Hall–Kier alpha value is -1.63. The van der Waals surface area contributed by atoms with Crippen LogP contribution in [0.25, 0.3) is 0 Å². The van der Waals surface area contributed by atoms with E-state index in [0.29, 0.717) is 0 Å². The van der Waals surface area contributed by atoms with Crippen LogP contribution in [0.3, 0.4) is 0 Å². The van der Waals surface area contributed by atoms with E-state index in [9.17, 15) is 9.59 Å². The maximum absolute atomic E-state index is 10.9. The minimum atomic E-state index is -1.17. The number of anilines is 1. The monoisotopic (exact) mass is 244 g/mol. The van der Waals surface area contributed by atoms with Crippen LogP contribution in [0.1, 0.15) is 24.3 Å². The number of hydrogen-bond acceptors (Lipinski definition) is 5. The summed E-state index contributed by atoms with van der Waals surface area (Å²) in [6.45, 7) is 3.49. The number of nitrogens with one attached hydrogen (secondary N) is 1. The van der Waals surface area contributed by atoms with Crippen LogP contribution in [-0.2, 0) is 4.79 Å². The highest BCUT2D eigenvalue weighted by atomic mass is 32.1. The molecule has 0 radical (unpaired) electrons. The average molecular weight is 244 g/mol. The molecule has 0 aromatic carbocycles. The molecule has 1 atom stereocenters. The van der Waals surface area contributed by atoms with Crippen molar-refractivity contribution in [3.8, 4) is 0 Å². The molecule has 0 amide bonds. The second-order valence-electron chi connectivity index (χ2n) is 3.54. The number of aromatic nitrogens is 1. The highest BCUT2D eigenvalue weighted by Gasteiger charge is 2.24. The molecule has 0 aliphatic rings. The summed E-state index contributed by atoms with van der Waals surface area (Å²) in [4.78, 5) is 25.3. The lowest BCUT2D eigenvalue weighted by Gasteiger charge is -2.17. The second kappa shape index (κ2) is 4.93. The maximum Gasteiger partial charge on any atom is 0.357 e. The number of hydrogen-bond donors (Lipinski definition) is 3. The van der Waals surface area contributed by atoms with Crippen molar-refractivity contribution in [1.29, 1.82) is 0 Å². The molecular formula is C9H12N2O4S. The van der Waals surface area contributed by atoms with Crippen LogP contribution < -0.4 is 5.32 Å². The van der Waals surface area contributed by atoms with E-state index in [0.717, 1.165) is 11.3 Å². The fraction of sp³-hybridized carbons (Fsp3) is 0.444. The normalized spacial score (nSPS) is 12.4. The molecule has 0 bridgehead atoms. The van der Waals surface area contributed by atoms with Gasteiger partial charge >= 0.3 is 11.9 Å². The van der Waals surface area contributed by atoms with Gasteiger partial charge in [-0.05, 0) is 5.92 Å². The van der Waals surface area contributed by atoms with Crippen LogP contribution in [0.4, 0.5) is 5.00 Å². The predicted octanol–water partition coefficient (Wildman–Crippen LogP) is 1.36. The molecule has 1 aromatic heterocycles. The van der Waals surface area contributed by atoms with Gasteiger partial charge in [0.2, 0.25) is 0 Å². The summed E-state index contributed by atoms with van der Waals surface area (Å²) < 4.78 is 0. The smallest absolute Gasteiger partial charge is 0.357 e. The van der Waals surface area contributed by atoms with Crippen molar-refractivity contribution in [2.24, 2.45) is 5.92 Å². The molecule has 1 aromatic rings. The highest BCUT2D eigenvalue weighted by molar-refractivity contribution is 7.14. The quantitative estimate of drug-likeness (QED) is 0.723. The molecule has 7 heteroatoms. The van der Waals surface area contributed by atoms with E-state index in [2.05, 4.69) is 10.3 Å². The molecule has 1 rings (SSSR count). The van der Waals surface area contributed by atoms with Gasteiger partial charge in [0.25, 0.3) is 0 Å². The Morgan fingerprint density at radius 1 is 1.44 bits per heavy atom. The Morgan fingerprint density at radius 2 is 2.06 bits per heavy atom. The Morgan fingerprint density at radius 3 is 2.50 bits per heavy atom. The third kappa shape index (κ3) is 2.69. The van der Waals surface area contributed by atoms with Crippen molar-refractivity contribution in [1.82, 2.24) is 4.98 Å². The lowest BCUT2D eigenvalue weighted by atomic mass is 10.1. The fourth-order valence-electron chi connectivity index (χ4n) is 1.16. The first kappa shape index (κ1) is 12.4. The molecule has 0 fully saturated rings. The van der Waals surface area contributed by atoms with Gasteiger partial charge in [0.1, 0.15) is 11.0 Å². The van der Waals surface area contributed by atoms with Crippen molar-refractivity contribution in [3.63, 3.8) is 0 Å². The van der Waals surface area contributed by atoms with E-state index in [1.54, 1.807) is 13.8 Å². The molecule has 0 aliphatic heterocycles. The zero-order valence-electron chi connectivity index (χ0n) is 8.80. The molecule has 0 saturated carbocycles. The number of rotatable bonds is 5. The molecule has 0 spiro atoms.